The quantitative estimate of drug-likeness (QED) is 0.557. The molecule has 0 amide bonds. The van der Waals surface area contributed by atoms with Gasteiger partial charge >= 0.3 is 0 Å². The molecule has 0 saturated heterocycles. The summed E-state index contributed by atoms with van der Waals surface area (Å²) in [5.41, 5.74) is 5.20. The first-order valence-corrected chi connectivity index (χ1v) is 8.12. The van der Waals surface area contributed by atoms with Gasteiger partial charge in [-0.1, -0.05) is 36.9 Å². The third-order valence-corrected chi connectivity index (χ3v) is 3.98. The van der Waals surface area contributed by atoms with Crippen LogP contribution in [0.2, 0.25) is 0 Å². The van der Waals surface area contributed by atoms with Crippen molar-refractivity contribution in [3.63, 3.8) is 0 Å². The molecule has 0 aliphatic carbocycles. The second-order valence-corrected chi connectivity index (χ2v) is 5.68. The Kier molecular flexibility index (Phi) is 4.85. The van der Waals surface area contributed by atoms with E-state index in [9.17, 15) is 4.39 Å². The maximum Gasteiger partial charge on any atom is 0.123 e. The molecule has 0 spiro atoms. The Hall–Kier alpha value is -3.07. The number of nitrogens with zero attached hydrogens (tertiary/aromatic N) is 2. The Labute approximate surface area is 147 Å². The lowest BCUT2D eigenvalue weighted by atomic mass is 9.92. The molecule has 0 aliphatic heterocycles. The maximum absolute atomic E-state index is 14.0. The van der Waals surface area contributed by atoms with Crippen molar-refractivity contribution in [2.75, 3.05) is 0 Å². The summed E-state index contributed by atoms with van der Waals surface area (Å²) in [4.78, 5) is 9.19. The number of aryl methyl sites for hydroxylation is 1. The summed E-state index contributed by atoms with van der Waals surface area (Å²) in [6.07, 6.45) is 9.39. The fourth-order valence-corrected chi connectivity index (χ4v) is 3.02. The van der Waals surface area contributed by atoms with E-state index in [1.165, 1.54) is 12.1 Å². The molecule has 0 saturated carbocycles. The van der Waals surface area contributed by atoms with E-state index in [1.807, 2.05) is 50.3 Å². The van der Waals surface area contributed by atoms with Gasteiger partial charge in [-0.15, -0.1) is 0 Å². The highest BCUT2D eigenvalue weighted by Gasteiger charge is 2.17. The molecular weight excluding hydrogens is 311 g/mol. The number of allylic oxidation sites excluding steroid dienone is 5. The summed E-state index contributed by atoms with van der Waals surface area (Å²) in [7, 11) is 0. The standard InChI is InChI=1S/C22H19FN2/c1-4-8-16(9-5-2)21-15(3)25-19-12-11-17(23)14-18(19)22(21)20-10-6-7-13-24-20/h4-14H,1H2,2-3H3/b9-5-,16-8+. The molecule has 25 heavy (non-hydrogen) atoms. The predicted octanol–water partition coefficient (Wildman–Crippen LogP) is 5.89. The Balaban J connectivity index is 2.49. The van der Waals surface area contributed by atoms with Gasteiger partial charge in [0.1, 0.15) is 5.82 Å². The van der Waals surface area contributed by atoms with Crippen LogP contribution in [0.15, 0.2) is 73.5 Å². The van der Waals surface area contributed by atoms with E-state index >= 15 is 0 Å². The van der Waals surface area contributed by atoms with Gasteiger partial charge in [-0.3, -0.25) is 9.97 Å². The zero-order valence-electron chi connectivity index (χ0n) is 14.3. The highest BCUT2D eigenvalue weighted by atomic mass is 19.1. The van der Waals surface area contributed by atoms with Gasteiger partial charge in [-0.05, 0) is 49.8 Å². The van der Waals surface area contributed by atoms with Gasteiger partial charge in [0, 0.05) is 28.4 Å². The summed E-state index contributed by atoms with van der Waals surface area (Å²) >= 11 is 0. The average Bonchev–Trinajstić information content (AvgIpc) is 2.62. The highest BCUT2D eigenvalue weighted by molar-refractivity contribution is 6.01. The minimum atomic E-state index is -0.290. The second kappa shape index (κ2) is 7.22. The molecule has 3 rings (SSSR count). The molecule has 0 bridgehead atoms. The number of rotatable bonds is 4. The molecule has 0 N–H and O–H groups in total. The monoisotopic (exact) mass is 330 g/mol. The summed E-state index contributed by atoms with van der Waals surface area (Å²) < 4.78 is 14.0. The van der Waals surface area contributed by atoms with E-state index in [-0.39, 0.29) is 5.82 Å². The molecular formula is C22H19FN2. The summed E-state index contributed by atoms with van der Waals surface area (Å²) in [6.45, 7) is 7.73. The Morgan fingerprint density at radius 3 is 2.72 bits per heavy atom. The summed E-state index contributed by atoms with van der Waals surface area (Å²) in [5, 5.41) is 0.749. The van der Waals surface area contributed by atoms with Crippen molar-refractivity contribution in [3.8, 4) is 11.3 Å². The number of hydrogen-bond acceptors (Lipinski definition) is 2. The number of aromatic nitrogens is 2. The van der Waals surface area contributed by atoms with E-state index in [0.717, 1.165) is 39.0 Å². The van der Waals surface area contributed by atoms with Crippen LogP contribution in [-0.4, -0.2) is 9.97 Å². The SMILES string of the molecule is C=C/C=C(\C=C/C)c1c(C)nc2ccc(F)cc2c1-c1ccccn1. The Bertz CT molecular complexity index is 986. The number of halogens is 1. The van der Waals surface area contributed by atoms with E-state index in [4.69, 9.17) is 0 Å². The smallest absolute Gasteiger partial charge is 0.123 e. The molecule has 3 aromatic rings. The van der Waals surface area contributed by atoms with Crippen molar-refractivity contribution in [3.05, 3.63) is 90.6 Å². The lowest BCUT2D eigenvalue weighted by molar-refractivity contribution is 0.629. The van der Waals surface area contributed by atoms with Gasteiger partial charge < -0.3 is 0 Å². The zero-order chi connectivity index (χ0) is 17.8. The van der Waals surface area contributed by atoms with Gasteiger partial charge in [0.15, 0.2) is 0 Å². The van der Waals surface area contributed by atoms with E-state index in [1.54, 1.807) is 18.3 Å². The van der Waals surface area contributed by atoms with Crippen LogP contribution in [0.1, 0.15) is 18.2 Å². The third kappa shape index (κ3) is 3.26. The molecule has 1 aromatic carbocycles. The van der Waals surface area contributed by atoms with Crippen molar-refractivity contribution in [2.24, 2.45) is 0 Å². The molecule has 0 aliphatic rings. The molecule has 3 heteroatoms. The van der Waals surface area contributed by atoms with Crippen LogP contribution >= 0.6 is 0 Å². The first-order chi connectivity index (χ1) is 12.2. The maximum atomic E-state index is 14.0. The molecule has 2 heterocycles. The molecule has 124 valence electrons. The minimum absolute atomic E-state index is 0.290. The minimum Gasteiger partial charge on any atom is -0.256 e. The summed E-state index contributed by atoms with van der Waals surface area (Å²) in [5.74, 6) is -0.290. The lowest BCUT2D eigenvalue weighted by Crippen LogP contribution is -1.99. The molecule has 2 aromatic heterocycles. The number of hydrogen-bond donors (Lipinski definition) is 0. The Morgan fingerprint density at radius 2 is 2.04 bits per heavy atom. The highest BCUT2D eigenvalue weighted by Crippen LogP contribution is 2.36. The Morgan fingerprint density at radius 1 is 1.20 bits per heavy atom. The van der Waals surface area contributed by atoms with Crippen LogP contribution in [-0.2, 0) is 0 Å². The average molecular weight is 330 g/mol. The largest absolute Gasteiger partial charge is 0.256 e. The second-order valence-electron chi connectivity index (χ2n) is 5.68. The van der Waals surface area contributed by atoms with Gasteiger partial charge in [0.25, 0.3) is 0 Å². The van der Waals surface area contributed by atoms with Crippen molar-refractivity contribution < 1.29 is 4.39 Å². The van der Waals surface area contributed by atoms with Crippen molar-refractivity contribution in [1.82, 2.24) is 9.97 Å². The van der Waals surface area contributed by atoms with Crippen molar-refractivity contribution in [1.29, 1.82) is 0 Å². The van der Waals surface area contributed by atoms with Crippen LogP contribution in [0.4, 0.5) is 4.39 Å². The molecule has 0 radical (unpaired) electrons. The van der Waals surface area contributed by atoms with Gasteiger partial charge in [0.2, 0.25) is 0 Å². The van der Waals surface area contributed by atoms with E-state index < -0.39 is 0 Å². The normalized spacial score (nSPS) is 12.0. The summed E-state index contributed by atoms with van der Waals surface area (Å²) in [6, 6.07) is 10.4. The van der Waals surface area contributed by atoms with Crippen LogP contribution < -0.4 is 0 Å². The van der Waals surface area contributed by atoms with Crippen LogP contribution in [0.3, 0.4) is 0 Å². The van der Waals surface area contributed by atoms with Crippen LogP contribution in [0.5, 0.6) is 0 Å². The molecule has 2 nitrogen and oxygen atoms in total. The first-order valence-electron chi connectivity index (χ1n) is 8.12. The van der Waals surface area contributed by atoms with E-state index in [2.05, 4.69) is 16.5 Å². The number of benzene rings is 1. The zero-order valence-corrected chi connectivity index (χ0v) is 14.3. The van der Waals surface area contributed by atoms with Crippen molar-refractivity contribution in [2.45, 2.75) is 13.8 Å². The molecule has 0 unspecified atom stereocenters. The van der Waals surface area contributed by atoms with Gasteiger partial charge in [0.05, 0.1) is 11.2 Å². The third-order valence-electron chi connectivity index (χ3n) is 3.98. The predicted molar refractivity (Wildman–Crippen MR) is 103 cm³/mol. The number of pyridine rings is 2. The lowest BCUT2D eigenvalue weighted by Gasteiger charge is -2.16. The van der Waals surface area contributed by atoms with Gasteiger partial charge in [-0.2, -0.15) is 0 Å². The van der Waals surface area contributed by atoms with Crippen LogP contribution in [0.25, 0.3) is 27.7 Å². The number of fused-ring (bicyclic) bond motifs is 1. The fraction of sp³-hybridized carbons (Fsp3) is 0.0909. The van der Waals surface area contributed by atoms with Crippen molar-refractivity contribution >= 4 is 16.5 Å². The fourth-order valence-electron chi connectivity index (χ4n) is 3.02. The molecule has 0 atom stereocenters. The van der Waals surface area contributed by atoms with E-state index in [0.29, 0.717) is 0 Å². The van der Waals surface area contributed by atoms with Gasteiger partial charge in [-0.25, -0.2) is 4.39 Å². The van der Waals surface area contributed by atoms with Crippen LogP contribution in [0, 0.1) is 12.7 Å². The topological polar surface area (TPSA) is 25.8 Å². The first kappa shape index (κ1) is 16.8. The molecule has 0 fully saturated rings.